The Morgan fingerprint density at radius 2 is 1.84 bits per heavy atom. The average Bonchev–Trinajstić information content (AvgIpc) is 3.65. The molecule has 3 atom stereocenters. The van der Waals surface area contributed by atoms with Crippen LogP contribution in [0, 0.1) is 12.8 Å². The van der Waals surface area contributed by atoms with E-state index in [1.165, 1.54) is 14.0 Å². The molecule has 49 heavy (non-hydrogen) atoms. The molecule has 0 radical (unpaired) electrons. The fourth-order valence-electron chi connectivity index (χ4n) is 5.72. The number of nitrogens with zero attached hydrogens (tertiary/aromatic N) is 6. The molecule has 3 amide bonds. The Morgan fingerprint density at radius 3 is 2.53 bits per heavy atom. The van der Waals surface area contributed by atoms with Crippen LogP contribution >= 0.6 is 0 Å². The van der Waals surface area contributed by atoms with Gasteiger partial charge in [0.05, 0.1) is 31.3 Å². The van der Waals surface area contributed by atoms with Gasteiger partial charge in [0.2, 0.25) is 11.8 Å². The van der Waals surface area contributed by atoms with Crippen molar-refractivity contribution in [2.24, 2.45) is 13.0 Å². The minimum absolute atomic E-state index is 0.0475. The van der Waals surface area contributed by atoms with Gasteiger partial charge in [-0.05, 0) is 75.8 Å². The van der Waals surface area contributed by atoms with Crippen LogP contribution in [0.3, 0.4) is 0 Å². The summed E-state index contributed by atoms with van der Waals surface area (Å²) in [6.07, 6.45) is 5.22. The van der Waals surface area contributed by atoms with Gasteiger partial charge in [0, 0.05) is 38.8 Å². The first-order valence-corrected chi connectivity index (χ1v) is 16.9. The highest BCUT2D eigenvalue weighted by atomic mass is 16.5. The molecule has 4 rings (SSSR count). The largest absolute Gasteiger partial charge is 0.493 e. The molecule has 4 N–H and O–H groups in total. The van der Waals surface area contributed by atoms with E-state index in [0.717, 1.165) is 43.7 Å². The molecule has 0 fully saturated rings. The highest BCUT2D eigenvalue weighted by molar-refractivity contribution is 5.99. The zero-order valence-electron chi connectivity index (χ0n) is 29.4. The van der Waals surface area contributed by atoms with Crippen molar-refractivity contribution in [3.05, 3.63) is 53.1 Å². The number of nitrogens with one attached hydrogen (secondary N) is 3. The molecule has 0 aliphatic carbocycles. The maximum atomic E-state index is 13.5. The Balaban J connectivity index is 1.57. The van der Waals surface area contributed by atoms with E-state index >= 15 is 0 Å². The number of fused-ring (bicyclic) bond motifs is 4. The SMILES string of the molecule is COc1ccc2cc1OCc1cn(nn1)CCCN(Cc1c(C)cnn1C)CCCCNC(=O)[C@H]([C@@H](C)O)NC(=O)[C@@H](CC(C)C)NC2=O. The zero-order valence-corrected chi connectivity index (χ0v) is 29.4. The third-order valence-electron chi connectivity index (χ3n) is 8.48. The van der Waals surface area contributed by atoms with Crippen molar-refractivity contribution in [3.63, 3.8) is 0 Å². The summed E-state index contributed by atoms with van der Waals surface area (Å²) >= 11 is 0. The van der Waals surface area contributed by atoms with E-state index in [1.54, 1.807) is 22.9 Å². The van der Waals surface area contributed by atoms with E-state index in [0.29, 0.717) is 43.1 Å². The van der Waals surface area contributed by atoms with E-state index in [1.807, 2.05) is 38.0 Å². The van der Waals surface area contributed by atoms with Gasteiger partial charge in [0.15, 0.2) is 11.5 Å². The number of benzene rings is 1. The number of carbonyl (C=O) groups is 3. The van der Waals surface area contributed by atoms with Crippen molar-refractivity contribution < 1.29 is 29.0 Å². The molecule has 1 aromatic carbocycles. The number of rotatable bonds is 6. The lowest BCUT2D eigenvalue weighted by Crippen LogP contribution is -2.57. The summed E-state index contributed by atoms with van der Waals surface area (Å²) < 4.78 is 15.2. The molecule has 4 bridgehead atoms. The van der Waals surface area contributed by atoms with Crippen LogP contribution < -0.4 is 25.4 Å². The van der Waals surface area contributed by atoms with Gasteiger partial charge >= 0.3 is 0 Å². The minimum atomic E-state index is -1.19. The van der Waals surface area contributed by atoms with Crippen LogP contribution in [0.1, 0.15) is 73.8 Å². The third-order valence-corrected chi connectivity index (χ3v) is 8.48. The maximum Gasteiger partial charge on any atom is 0.252 e. The second-order valence-corrected chi connectivity index (χ2v) is 13.0. The zero-order chi connectivity index (χ0) is 35.5. The molecule has 3 heterocycles. The molecule has 268 valence electrons. The van der Waals surface area contributed by atoms with E-state index in [4.69, 9.17) is 9.47 Å². The first-order chi connectivity index (χ1) is 23.4. The van der Waals surface area contributed by atoms with Crippen LogP contribution in [0.25, 0.3) is 0 Å². The molecule has 0 spiro atoms. The lowest BCUT2D eigenvalue weighted by Gasteiger charge is -2.26. The maximum absolute atomic E-state index is 13.5. The van der Waals surface area contributed by atoms with Crippen molar-refractivity contribution >= 4 is 17.7 Å². The normalized spacial score (nSPS) is 20.0. The average molecular weight is 682 g/mol. The van der Waals surface area contributed by atoms with Gasteiger partial charge in [-0.2, -0.15) is 5.10 Å². The monoisotopic (exact) mass is 681 g/mol. The number of carbonyl (C=O) groups excluding carboxylic acids is 3. The number of amides is 3. The topological polar surface area (TPSA) is 178 Å². The number of hydrogen-bond donors (Lipinski definition) is 4. The first-order valence-electron chi connectivity index (χ1n) is 16.9. The fraction of sp³-hybridized carbons (Fsp3) is 0.588. The minimum Gasteiger partial charge on any atom is -0.493 e. The predicted octanol–water partition coefficient (Wildman–Crippen LogP) is 1.72. The number of aromatic nitrogens is 5. The molecule has 0 saturated heterocycles. The second kappa shape index (κ2) is 17.8. The highest BCUT2D eigenvalue weighted by Crippen LogP contribution is 2.29. The van der Waals surface area contributed by atoms with Crippen LogP contribution in [0.2, 0.25) is 0 Å². The molecule has 1 aliphatic heterocycles. The summed E-state index contributed by atoms with van der Waals surface area (Å²) in [7, 11) is 3.45. The van der Waals surface area contributed by atoms with Gasteiger partial charge in [-0.1, -0.05) is 19.1 Å². The van der Waals surface area contributed by atoms with Crippen LogP contribution in [-0.2, 0) is 36.3 Å². The van der Waals surface area contributed by atoms with Crippen molar-refractivity contribution in [1.82, 2.24) is 45.6 Å². The van der Waals surface area contributed by atoms with Crippen LogP contribution in [0.4, 0.5) is 0 Å². The molecule has 1 aliphatic rings. The van der Waals surface area contributed by atoms with Crippen molar-refractivity contribution in [1.29, 1.82) is 0 Å². The second-order valence-electron chi connectivity index (χ2n) is 13.0. The number of aliphatic hydroxyl groups is 1. The standard InChI is InChI=1S/C34H51N9O6/c1-22(2)16-27-33(46)38-31(24(4)44)34(47)35-12-7-8-13-42(20-28-23(3)18-36-41(28)5)14-9-15-43-19-26(39-40-43)21-49-30-17-25(32(45)37-27)10-11-29(30)48-6/h10-11,17-19,22,24,27,31,44H,7-9,12-16,20-21H2,1-6H3,(H,35,47)(H,37,45)(H,38,46)/t24-,27-,31+/m1/s1. The Hall–Kier alpha value is -4.50. The number of aliphatic hydroxyl groups excluding tert-OH is 1. The van der Waals surface area contributed by atoms with Gasteiger partial charge < -0.3 is 30.5 Å². The fourth-order valence-corrected chi connectivity index (χ4v) is 5.72. The number of hydrogen-bond acceptors (Lipinski definition) is 10. The van der Waals surface area contributed by atoms with Gasteiger partial charge in [-0.25, -0.2) is 0 Å². The molecule has 15 nitrogen and oxygen atoms in total. The summed E-state index contributed by atoms with van der Waals surface area (Å²) in [5.41, 5.74) is 3.15. The van der Waals surface area contributed by atoms with Crippen molar-refractivity contribution in [2.75, 3.05) is 26.7 Å². The molecular formula is C34H51N9O6. The van der Waals surface area contributed by atoms with Crippen LogP contribution in [0.15, 0.2) is 30.6 Å². The summed E-state index contributed by atoms with van der Waals surface area (Å²) in [6, 6.07) is 2.60. The van der Waals surface area contributed by atoms with E-state index in [-0.39, 0.29) is 18.1 Å². The van der Waals surface area contributed by atoms with Crippen LogP contribution in [-0.4, -0.2) is 97.4 Å². The molecule has 15 heteroatoms. The van der Waals surface area contributed by atoms with Crippen molar-refractivity contribution in [2.45, 2.75) is 91.3 Å². The van der Waals surface area contributed by atoms with Gasteiger partial charge in [-0.3, -0.25) is 28.6 Å². The molecule has 2 aromatic heterocycles. The third kappa shape index (κ3) is 10.7. The molecule has 0 unspecified atom stereocenters. The lowest BCUT2D eigenvalue weighted by atomic mass is 10.0. The Bertz CT molecular complexity index is 1530. The Labute approximate surface area is 287 Å². The van der Waals surface area contributed by atoms with Gasteiger partial charge in [-0.15, -0.1) is 5.10 Å². The molecule has 0 saturated carbocycles. The summed E-state index contributed by atoms with van der Waals surface area (Å²) in [4.78, 5) is 42.4. The summed E-state index contributed by atoms with van der Waals surface area (Å²) in [5.74, 6) is -0.747. The smallest absolute Gasteiger partial charge is 0.252 e. The predicted molar refractivity (Wildman–Crippen MR) is 182 cm³/mol. The highest BCUT2D eigenvalue weighted by Gasteiger charge is 2.30. The summed E-state index contributed by atoms with van der Waals surface area (Å²) in [6.45, 7) is 10.8. The van der Waals surface area contributed by atoms with Crippen molar-refractivity contribution in [3.8, 4) is 11.5 Å². The number of methoxy groups -OCH3 is 1. The summed E-state index contributed by atoms with van der Waals surface area (Å²) in [5, 5.41) is 31.7. The molecular weight excluding hydrogens is 630 g/mol. The quantitative estimate of drug-likeness (QED) is 0.300. The molecule has 3 aromatic rings. The Kier molecular flexibility index (Phi) is 13.5. The van der Waals surface area contributed by atoms with E-state index in [2.05, 4.69) is 43.2 Å². The Morgan fingerprint density at radius 1 is 1.06 bits per heavy atom. The van der Waals surface area contributed by atoms with E-state index < -0.39 is 35.9 Å². The first kappa shape index (κ1) is 37.3. The lowest BCUT2D eigenvalue weighted by molar-refractivity contribution is -0.132. The van der Waals surface area contributed by atoms with E-state index in [9.17, 15) is 19.5 Å². The van der Waals surface area contributed by atoms with Gasteiger partial charge in [0.1, 0.15) is 24.4 Å². The number of ether oxygens (including phenoxy) is 2. The number of aryl methyl sites for hydroxylation is 3. The van der Waals surface area contributed by atoms with Crippen LogP contribution in [0.5, 0.6) is 11.5 Å². The van der Waals surface area contributed by atoms with Gasteiger partial charge in [0.25, 0.3) is 5.91 Å².